The van der Waals surface area contributed by atoms with E-state index in [-0.39, 0.29) is 11.9 Å². The maximum Gasteiger partial charge on any atom is 0.137 e. The molecule has 1 atom stereocenters. The van der Waals surface area contributed by atoms with E-state index in [2.05, 4.69) is 41.2 Å². The van der Waals surface area contributed by atoms with E-state index in [1.807, 2.05) is 18.2 Å². The van der Waals surface area contributed by atoms with Gasteiger partial charge >= 0.3 is 0 Å². The molecule has 0 bridgehead atoms. The molecule has 2 aromatic rings. The first-order valence-corrected chi connectivity index (χ1v) is 7.80. The molecule has 0 heterocycles. The third kappa shape index (κ3) is 4.29. The zero-order valence-corrected chi connectivity index (χ0v) is 13.8. The first kappa shape index (κ1) is 16.0. The van der Waals surface area contributed by atoms with Crippen LogP contribution in [0.1, 0.15) is 31.0 Å². The highest BCUT2D eigenvalue weighted by atomic mass is 79.9. The number of benzene rings is 2. The van der Waals surface area contributed by atoms with Gasteiger partial charge < -0.3 is 10.1 Å². The average molecular weight is 352 g/mol. The highest BCUT2D eigenvalue weighted by Crippen LogP contribution is 2.26. The molecule has 112 valence electrons. The van der Waals surface area contributed by atoms with E-state index < -0.39 is 0 Å². The minimum absolute atomic E-state index is 0.228. The SMILES string of the molecule is CCNC(C)c1ccccc1OCc1ccc(F)c(Br)c1. The van der Waals surface area contributed by atoms with E-state index >= 15 is 0 Å². The summed E-state index contributed by atoms with van der Waals surface area (Å²) < 4.78 is 19.6. The Morgan fingerprint density at radius 2 is 2.00 bits per heavy atom. The molecule has 0 saturated carbocycles. The lowest BCUT2D eigenvalue weighted by atomic mass is 10.1. The van der Waals surface area contributed by atoms with Gasteiger partial charge in [-0.15, -0.1) is 0 Å². The molecule has 0 aliphatic carbocycles. The van der Waals surface area contributed by atoms with Crippen molar-refractivity contribution in [2.45, 2.75) is 26.5 Å². The second kappa shape index (κ2) is 7.57. The van der Waals surface area contributed by atoms with Crippen LogP contribution in [0.3, 0.4) is 0 Å². The second-order valence-electron chi connectivity index (χ2n) is 4.85. The normalized spacial score (nSPS) is 12.2. The molecule has 1 N–H and O–H groups in total. The van der Waals surface area contributed by atoms with E-state index in [0.29, 0.717) is 11.1 Å². The number of hydrogen-bond acceptors (Lipinski definition) is 2. The van der Waals surface area contributed by atoms with Crippen LogP contribution >= 0.6 is 15.9 Å². The van der Waals surface area contributed by atoms with Crippen LogP contribution in [0.15, 0.2) is 46.9 Å². The molecule has 1 unspecified atom stereocenters. The van der Waals surface area contributed by atoms with Gasteiger partial charge in [0, 0.05) is 11.6 Å². The lowest BCUT2D eigenvalue weighted by Gasteiger charge is -2.17. The van der Waals surface area contributed by atoms with Crippen LogP contribution in [0.25, 0.3) is 0 Å². The molecule has 21 heavy (non-hydrogen) atoms. The molecule has 0 fully saturated rings. The van der Waals surface area contributed by atoms with Crippen molar-refractivity contribution in [1.29, 1.82) is 0 Å². The first-order chi connectivity index (χ1) is 10.1. The molecule has 0 aliphatic heterocycles. The van der Waals surface area contributed by atoms with Gasteiger partial charge in [0.15, 0.2) is 0 Å². The summed E-state index contributed by atoms with van der Waals surface area (Å²) in [5, 5.41) is 3.38. The quantitative estimate of drug-likeness (QED) is 0.803. The van der Waals surface area contributed by atoms with Crippen LogP contribution in [0.2, 0.25) is 0 Å². The Morgan fingerprint density at radius 3 is 2.71 bits per heavy atom. The molecule has 0 aliphatic rings. The third-order valence-corrected chi connectivity index (χ3v) is 3.88. The van der Waals surface area contributed by atoms with E-state index in [1.165, 1.54) is 6.07 Å². The van der Waals surface area contributed by atoms with Crippen molar-refractivity contribution in [2.24, 2.45) is 0 Å². The van der Waals surface area contributed by atoms with Crippen molar-refractivity contribution >= 4 is 15.9 Å². The Kier molecular flexibility index (Phi) is 5.76. The Bertz CT molecular complexity index is 603. The lowest BCUT2D eigenvalue weighted by molar-refractivity contribution is 0.299. The molecule has 2 rings (SSSR count). The van der Waals surface area contributed by atoms with Gasteiger partial charge in [-0.3, -0.25) is 0 Å². The van der Waals surface area contributed by atoms with Gasteiger partial charge in [0.25, 0.3) is 0 Å². The van der Waals surface area contributed by atoms with Crippen molar-refractivity contribution in [3.05, 3.63) is 63.9 Å². The second-order valence-corrected chi connectivity index (χ2v) is 5.71. The van der Waals surface area contributed by atoms with Gasteiger partial charge in [-0.05, 0) is 53.2 Å². The largest absolute Gasteiger partial charge is 0.489 e. The van der Waals surface area contributed by atoms with Crippen LogP contribution in [-0.4, -0.2) is 6.54 Å². The third-order valence-electron chi connectivity index (χ3n) is 3.27. The number of nitrogens with one attached hydrogen (secondary N) is 1. The van der Waals surface area contributed by atoms with E-state index in [0.717, 1.165) is 23.4 Å². The Balaban J connectivity index is 2.10. The van der Waals surface area contributed by atoms with Crippen LogP contribution < -0.4 is 10.1 Å². The lowest BCUT2D eigenvalue weighted by Crippen LogP contribution is -2.18. The minimum Gasteiger partial charge on any atom is -0.489 e. The standard InChI is InChI=1S/C17H19BrFNO/c1-3-20-12(2)14-6-4-5-7-17(14)21-11-13-8-9-16(19)15(18)10-13/h4-10,12,20H,3,11H2,1-2H3. The molecule has 0 saturated heterocycles. The maximum absolute atomic E-state index is 13.2. The fourth-order valence-electron chi connectivity index (χ4n) is 2.18. The molecular weight excluding hydrogens is 333 g/mol. The smallest absolute Gasteiger partial charge is 0.137 e. The Morgan fingerprint density at radius 1 is 1.24 bits per heavy atom. The molecule has 4 heteroatoms. The van der Waals surface area contributed by atoms with Gasteiger partial charge in [0.2, 0.25) is 0 Å². The fraction of sp³-hybridized carbons (Fsp3) is 0.294. The van der Waals surface area contributed by atoms with Gasteiger partial charge in [-0.2, -0.15) is 0 Å². The minimum atomic E-state index is -0.264. The summed E-state index contributed by atoms with van der Waals surface area (Å²) in [6, 6.07) is 13.1. The zero-order chi connectivity index (χ0) is 15.2. The number of para-hydroxylation sites is 1. The molecule has 0 amide bonds. The van der Waals surface area contributed by atoms with Crippen molar-refractivity contribution in [1.82, 2.24) is 5.32 Å². The number of rotatable bonds is 6. The van der Waals surface area contributed by atoms with E-state index in [9.17, 15) is 4.39 Å². The van der Waals surface area contributed by atoms with Crippen LogP contribution in [0.5, 0.6) is 5.75 Å². The van der Waals surface area contributed by atoms with Gasteiger partial charge in [0.05, 0.1) is 4.47 Å². The van der Waals surface area contributed by atoms with Gasteiger partial charge in [0.1, 0.15) is 18.2 Å². The van der Waals surface area contributed by atoms with E-state index in [4.69, 9.17) is 4.74 Å². The monoisotopic (exact) mass is 351 g/mol. The highest BCUT2D eigenvalue weighted by molar-refractivity contribution is 9.10. The molecule has 2 aromatic carbocycles. The highest BCUT2D eigenvalue weighted by Gasteiger charge is 2.10. The zero-order valence-electron chi connectivity index (χ0n) is 12.2. The van der Waals surface area contributed by atoms with E-state index in [1.54, 1.807) is 12.1 Å². The summed E-state index contributed by atoms with van der Waals surface area (Å²) in [7, 11) is 0. The van der Waals surface area contributed by atoms with Gasteiger partial charge in [-0.25, -0.2) is 4.39 Å². The molecule has 0 radical (unpaired) electrons. The van der Waals surface area contributed by atoms with Crippen LogP contribution in [-0.2, 0) is 6.61 Å². The maximum atomic E-state index is 13.2. The van der Waals surface area contributed by atoms with Crippen molar-refractivity contribution in [3.8, 4) is 5.75 Å². The van der Waals surface area contributed by atoms with Crippen LogP contribution in [0.4, 0.5) is 4.39 Å². The fourth-order valence-corrected chi connectivity index (χ4v) is 2.60. The summed E-state index contributed by atoms with van der Waals surface area (Å²) in [5.41, 5.74) is 2.05. The number of hydrogen-bond donors (Lipinski definition) is 1. The summed E-state index contributed by atoms with van der Waals surface area (Å²) in [6.07, 6.45) is 0. The average Bonchev–Trinajstić information content (AvgIpc) is 2.49. The van der Waals surface area contributed by atoms with Crippen molar-refractivity contribution < 1.29 is 9.13 Å². The summed E-state index contributed by atoms with van der Waals surface area (Å²) in [4.78, 5) is 0. The summed E-state index contributed by atoms with van der Waals surface area (Å²) in [5.74, 6) is 0.589. The van der Waals surface area contributed by atoms with Crippen molar-refractivity contribution in [3.63, 3.8) is 0 Å². The first-order valence-electron chi connectivity index (χ1n) is 7.01. The topological polar surface area (TPSA) is 21.3 Å². The van der Waals surface area contributed by atoms with Crippen LogP contribution in [0, 0.1) is 5.82 Å². The molecular formula is C17H19BrFNO. The predicted octanol–water partition coefficient (Wildman–Crippen LogP) is 4.84. The van der Waals surface area contributed by atoms with Gasteiger partial charge in [-0.1, -0.05) is 31.2 Å². The Labute approximate surface area is 133 Å². The molecule has 0 spiro atoms. The number of halogens is 2. The number of ether oxygens (including phenoxy) is 1. The Hall–Kier alpha value is -1.39. The predicted molar refractivity (Wildman–Crippen MR) is 87.0 cm³/mol. The molecule has 2 nitrogen and oxygen atoms in total. The summed E-state index contributed by atoms with van der Waals surface area (Å²) in [6.45, 7) is 5.51. The van der Waals surface area contributed by atoms with Crippen molar-refractivity contribution in [2.75, 3.05) is 6.54 Å². The summed E-state index contributed by atoms with van der Waals surface area (Å²) >= 11 is 3.19. The molecule has 0 aromatic heterocycles.